The molecule has 27 heavy (non-hydrogen) atoms. The topological polar surface area (TPSA) is 87.4 Å². The summed E-state index contributed by atoms with van der Waals surface area (Å²) in [5.41, 5.74) is 3.01. The van der Waals surface area contributed by atoms with Crippen molar-refractivity contribution in [1.29, 1.82) is 0 Å². The van der Waals surface area contributed by atoms with E-state index in [4.69, 9.17) is 9.47 Å². The summed E-state index contributed by atoms with van der Waals surface area (Å²) in [6.07, 6.45) is 0. The number of fused-ring (bicyclic) bond motifs is 2. The molecule has 1 aliphatic heterocycles. The number of aromatic nitrogens is 3. The van der Waals surface area contributed by atoms with Crippen molar-refractivity contribution >= 4 is 16.9 Å². The zero-order valence-corrected chi connectivity index (χ0v) is 15.4. The zero-order valence-electron chi connectivity index (χ0n) is 15.4. The molecule has 0 fully saturated rings. The molecule has 0 radical (unpaired) electrons. The van der Waals surface area contributed by atoms with Gasteiger partial charge in [-0.3, -0.25) is 18.8 Å². The lowest BCUT2D eigenvalue weighted by Crippen LogP contribution is -2.32. The van der Waals surface area contributed by atoms with Crippen molar-refractivity contribution in [3.63, 3.8) is 0 Å². The van der Waals surface area contributed by atoms with Crippen LogP contribution in [0.15, 0.2) is 29.1 Å². The minimum absolute atomic E-state index is 0.0703. The van der Waals surface area contributed by atoms with Crippen LogP contribution in [-0.4, -0.2) is 27.0 Å². The molecule has 1 N–H and O–H groups in total. The quantitative estimate of drug-likeness (QED) is 0.752. The van der Waals surface area contributed by atoms with Crippen molar-refractivity contribution in [2.75, 3.05) is 6.79 Å². The molecule has 3 heterocycles. The highest BCUT2D eigenvalue weighted by Gasteiger charge is 2.17. The van der Waals surface area contributed by atoms with Crippen molar-refractivity contribution in [1.82, 2.24) is 19.7 Å². The fraction of sp³-hybridized carbons (Fsp3) is 0.316. The van der Waals surface area contributed by atoms with Gasteiger partial charge in [0.2, 0.25) is 12.7 Å². The van der Waals surface area contributed by atoms with Crippen LogP contribution >= 0.6 is 0 Å². The first-order chi connectivity index (χ1) is 12.9. The van der Waals surface area contributed by atoms with Gasteiger partial charge in [-0.2, -0.15) is 5.10 Å². The van der Waals surface area contributed by atoms with E-state index in [0.29, 0.717) is 23.7 Å². The van der Waals surface area contributed by atoms with Crippen LogP contribution in [0, 0.1) is 13.8 Å². The maximum absolute atomic E-state index is 12.5. The second kappa shape index (κ2) is 6.46. The maximum Gasteiger partial charge on any atom is 0.252 e. The summed E-state index contributed by atoms with van der Waals surface area (Å²) >= 11 is 0. The van der Waals surface area contributed by atoms with Crippen LogP contribution in [0.5, 0.6) is 11.5 Å². The fourth-order valence-electron chi connectivity index (χ4n) is 3.46. The second-order valence-corrected chi connectivity index (χ2v) is 6.62. The number of aryl methyl sites for hydroxylation is 3. The fourth-order valence-corrected chi connectivity index (χ4v) is 3.46. The molecule has 1 amide bonds. The Balaban J connectivity index is 1.54. The van der Waals surface area contributed by atoms with Crippen LogP contribution in [0.1, 0.15) is 16.8 Å². The van der Waals surface area contributed by atoms with Crippen LogP contribution in [0.4, 0.5) is 0 Å². The molecule has 0 saturated carbocycles. The van der Waals surface area contributed by atoms with Crippen molar-refractivity contribution in [2.45, 2.75) is 26.9 Å². The Hall–Kier alpha value is -3.29. The zero-order chi connectivity index (χ0) is 19.1. The molecule has 1 aliphatic rings. The van der Waals surface area contributed by atoms with Gasteiger partial charge in [0.25, 0.3) is 5.56 Å². The third-order valence-electron chi connectivity index (χ3n) is 4.68. The molecule has 140 valence electrons. The number of amides is 1. The normalized spacial score (nSPS) is 12.6. The second-order valence-electron chi connectivity index (χ2n) is 6.62. The summed E-state index contributed by atoms with van der Waals surface area (Å²) < 4.78 is 13.7. The Morgan fingerprint density at radius 1 is 1.22 bits per heavy atom. The molecule has 0 bridgehead atoms. The van der Waals surface area contributed by atoms with Crippen LogP contribution in [0.25, 0.3) is 11.0 Å². The third-order valence-corrected chi connectivity index (χ3v) is 4.68. The van der Waals surface area contributed by atoms with E-state index in [2.05, 4.69) is 10.4 Å². The highest BCUT2D eigenvalue weighted by molar-refractivity contribution is 5.84. The predicted molar refractivity (Wildman–Crippen MR) is 98.9 cm³/mol. The highest BCUT2D eigenvalue weighted by atomic mass is 16.7. The van der Waals surface area contributed by atoms with Crippen LogP contribution in [0.2, 0.25) is 0 Å². The molecule has 0 aliphatic carbocycles. The largest absolute Gasteiger partial charge is 0.454 e. The first-order valence-electron chi connectivity index (χ1n) is 8.63. The van der Waals surface area contributed by atoms with E-state index < -0.39 is 0 Å². The smallest absolute Gasteiger partial charge is 0.252 e. The molecule has 2 aromatic heterocycles. The van der Waals surface area contributed by atoms with Crippen LogP contribution in [-0.2, 0) is 24.9 Å². The molecule has 0 spiro atoms. The van der Waals surface area contributed by atoms with Gasteiger partial charge in [0.1, 0.15) is 12.2 Å². The SMILES string of the molecule is Cc1cc(=O)n(CC(=O)NCc2ccc3c(c2)OCO3)c2c1c(C)nn2C. The first kappa shape index (κ1) is 17.1. The highest BCUT2D eigenvalue weighted by Crippen LogP contribution is 2.32. The Bertz CT molecular complexity index is 1110. The van der Waals surface area contributed by atoms with E-state index in [1.165, 1.54) is 4.57 Å². The van der Waals surface area contributed by atoms with Gasteiger partial charge in [-0.05, 0) is 37.1 Å². The van der Waals surface area contributed by atoms with E-state index in [1.54, 1.807) is 17.8 Å². The lowest BCUT2D eigenvalue weighted by atomic mass is 10.1. The monoisotopic (exact) mass is 368 g/mol. The standard InChI is InChI=1S/C19H20N4O4/c1-11-6-17(25)23(19-18(11)12(2)21-22(19)3)9-16(24)20-8-13-4-5-14-15(7-13)27-10-26-14/h4-7H,8-10H2,1-3H3,(H,20,24). The minimum Gasteiger partial charge on any atom is -0.454 e. The summed E-state index contributed by atoms with van der Waals surface area (Å²) in [6.45, 7) is 4.25. The lowest BCUT2D eigenvalue weighted by molar-refractivity contribution is -0.121. The van der Waals surface area contributed by atoms with Gasteiger partial charge < -0.3 is 14.8 Å². The summed E-state index contributed by atoms with van der Waals surface area (Å²) in [5.74, 6) is 1.12. The van der Waals surface area contributed by atoms with Crippen molar-refractivity contribution < 1.29 is 14.3 Å². The number of pyridine rings is 1. The Morgan fingerprint density at radius 3 is 2.81 bits per heavy atom. The summed E-state index contributed by atoms with van der Waals surface area (Å²) in [4.78, 5) is 24.9. The Kier molecular flexibility index (Phi) is 4.10. The average Bonchev–Trinajstić information content (AvgIpc) is 3.20. The third kappa shape index (κ3) is 3.03. The number of carbonyl (C=O) groups excluding carboxylic acids is 1. The van der Waals surface area contributed by atoms with E-state index in [9.17, 15) is 9.59 Å². The van der Waals surface area contributed by atoms with Gasteiger partial charge in [0, 0.05) is 25.0 Å². The van der Waals surface area contributed by atoms with E-state index in [1.807, 2.05) is 32.0 Å². The van der Waals surface area contributed by atoms with Gasteiger partial charge in [-0.1, -0.05) is 6.07 Å². The number of benzene rings is 1. The molecule has 8 heteroatoms. The molecule has 0 unspecified atom stereocenters. The molecule has 1 aromatic carbocycles. The maximum atomic E-state index is 12.5. The van der Waals surface area contributed by atoms with E-state index >= 15 is 0 Å². The number of hydrogen-bond acceptors (Lipinski definition) is 5. The molecular weight excluding hydrogens is 348 g/mol. The van der Waals surface area contributed by atoms with Crippen LogP contribution < -0.4 is 20.3 Å². The molecule has 0 saturated heterocycles. The van der Waals surface area contributed by atoms with Gasteiger partial charge >= 0.3 is 0 Å². The first-order valence-corrected chi connectivity index (χ1v) is 8.63. The lowest BCUT2D eigenvalue weighted by Gasteiger charge is -2.11. The number of ether oxygens (including phenoxy) is 2. The molecular formula is C19H20N4O4. The molecule has 4 rings (SSSR count). The Labute approximate surface area is 155 Å². The van der Waals surface area contributed by atoms with Crippen molar-refractivity contribution in [2.24, 2.45) is 7.05 Å². The van der Waals surface area contributed by atoms with Gasteiger partial charge in [-0.15, -0.1) is 0 Å². The number of nitrogens with zero attached hydrogens (tertiary/aromatic N) is 3. The van der Waals surface area contributed by atoms with E-state index in [-0.39, 0.29) is 24.8 Å². The number of hydrogen-bond donors (Lipinski definition) is 1. The molecule has 8 nitrogen and oxygen atoms in total. The number of rotatable bonds is 4. The average molecular weight is 368 g/mol. The predicted octanol–water partition coefficient (Wildman–Crippen LogP) is 1.40. The van der Waals surface area contributed by atoms with Crippen molar-refractivity contribution in [3.8, 4) is 11.5 Å². The minimum atomic E-state index is -0.251. The van der Waals surface area contributed by atoms with Gasteiger partial charge in [0.05, 0.1) is 5.69 Å². The summed E-state index contributed by atoms with van der Waals surface area (Å²) in [7, 11) is 1.77. The van der Waals surface area contributed by atoms with Gasteiger partial charge in [0.15, 0.2) is 11.5 Å². The number of carbonyl (C=O) groups is 1. The molecule has 3 aromatic rings. The van der Waals surface area contributed by atoms with E-state index in [0.717, 1.165) is 22.2 Å². The summed E-state index contributed by atoms with van der Waals surface area (Å²) in [5, 5.41) is 8.14. The summed E-state index contributed by atoms with van der Waals surface area (Å²) in [6, 6.07) is 7.07. The van der Waals surface area contributed by atoms with Gasteiger partial charge in [-0.25, -0.2) is 0 Å². The Morgan fingerprint density at radius 2 is 2.00 bits per heavy atom. The van der Waals surface area contributed by atoms with Crippen molar-refractivity contribution in [3.05, 3.63) is 51.4 Å². The molecule has 0 atom stereocenters. The van der Waals surface area contributed by atoms with Crippen LogP contribution in [0.3, 0.4) is 0 Å². The number of nitrogens with one attached hydrogen (secondary N) is 1.